The van der Waals surface area contributed by atoms with E-state index < -0.39 is 17.6 Å². The number of hydrogen-bond acceptors (Lipinski definition) is 5. The first kappa shape index (κ1) is 19.2. The van der Waals surface area contributed by atoms with Crippen molar-refractivity contribution in [3.63, 3.8) is 0 Å². The predicted octanol–water partition coefficient (Wildman–Crippen LogP) is 4.50. The van der Waals surface area contributed by atoms with Crippen molar-refractivity contribution in [2.45, 2.75) is 6.18 Å². The molecule has 0 atom stereocenters. The molecule has 0 spiro atoms. The van der Waals surface area contributed by atoms with Crippen LogP contribution in [-0.4, -0.2) is 23.0 Å². The zero-order valence-corrected chi connectivity index (χ0v) is 14.6. The molecule has 2 N–H and O–H groups in total. The standard InChI is InChI=1S/C19H15F3N4O2/c1-28-16-5-3-2-4-14(16)25-17(27)15-10-11-23-18(26-15)24-13-8-6-12(7-9-13)19(20,21)22/h2-11H,1H3,(H,25,27)(H,23,24,26). The number of nitrogens with one attached hydrogen (secondary N) is 2. The first-order valence-corrected chi connectivity index (χ1v) is 8.08. The van der Waals surface area contributed by atoms with Crippen molar-refractivity contribution < 1.29 is 22.7 Å². The van der Waals surface area contributed by atoms with Crippen molar-refractivity contribution in [3.8, 4) is 5.75 Å². The summed E-state index contributed by atoms with van der Waals surface area (Å²) in [7, 11) is 1.49. The largest absolute Gasteiger partial charge is 0.495 e. The summed E-state index contributed by atoms with van der Waals surface area (Å²) in [5.74, 6) is 0.0859. The van der Waals surface area contributed by atoms with Crippen molar-refractivity contribution in [3.05, 3.63) is 72.1 Å². The molecule has 0 aliphatic carbocycles. The van der Waals surface area contributed by atoms with Gasteiger partial charge in [-0.3, -0.25) is 4.79 Å². The highest BCUT2D eigenvalue weighted by Gasteiger charge is 2.29. The first-order valence-electron chi connectivity index (χ1n) is 8.08. The highest BCUT2D eigenvalue weighted by atomic mass is 19.4. The average Bonchev–Trinajstić information content (AvgIpc) is 2.68. The van der Waals surface area contributed by atoms with E-state index in [4.69, 9.17) is 4.74 Å². The number of carbonyl (C=O) groups is 1. The Morgan fingerprint density at radius 1 is 1.04 bits per heavy atom. The zero-order valence-electron chi connectivity index (χ0n) is 14.6. The molecule has 0 aliphatic heterocycles. The predicted molar refractivity (Wildman–Crippen MR) is 97.7 cm³/mol. The van der Waals surface area contributed by atoms with E-state index in [2.05, 4.69) is 20.6 Å². The molecule has 28 heavy (non-hydrogen) atoms. The SMILES string of the molecule is COc1ccccc1NC(=O)c1ccnc(Nc2ccc(C(F)(F)F)cc2)n1. The van der Waals surface area contributed by atoms with E-state index in [9.17, 15) is 18.0 Å². The first-order chi connectivity index (χ1) is 13.4. The summed E-state index contributed by atoms with van der Waals surface area (Å²) < 4.78 is 43.0. The second-order valence-corrected chi connectivity index (χ2v) is 5.62. The van der Waals surface area contributed by atoms with Gasteiger partial charge >= 0.3 is 6.18 Å². The Labute approximate surface area is 158 Å². The molecular weight excluding hydrogens is 373 g/mol. The Hall–Kier alpha value is -3.62. The molecule has 0 saturated carbocycles. The van der Waals surface area contributed by atoms with Gasteiger partial charge in [-0.15, -0.1) is 0 Å². The molecule has 9 heteroatoms. The van der Waals surface area contributed by atoms with Crippen LogP contribution in [0.15, 0.2) is 60.8 Å². The van der Waals surface area contributed by atoms with E-state index in [-0.39, 0.29) is 11.6 Å². The van der Waals surface area contributed by atoms with Crippen molar-refractivity contribution >= 4 is 23.2 Å². The highest BCUT2D eigenvalue weighted by molar-refractivity contribution is 6.03. The third-order valence-corrected chi connectivity index (χ3v) is 3.71. The second-order valence-electron chi connectivity index (χ2n) is 5.62. The number of carbonyl (C=O) groups excluding carboxylic acids is 1. The normalized spacial score (nSPS) is 11.0. The molecule has 6 nitrogen and oxygen atoms in total. The van der Waals surface area contributed by atoms with Gasteiger partial charge in [-0.25, -0.2) is 9.97 Å². The molecule has 3 rings (SSSR count). The number of anilines is 3. The molecule has 0 fully saturated rings. The van der Waals surface area contributed by atoms with Crippen LogP contribution in [0.1, 0.15) is 16.1 Å². The lowest BCUT2D eigenvalue weighted by Gasteiger charge is -2.11. The van der Waals surface area contributed by atoms with Gasteiger partial charge in [0.1, 0.15) is 11.4 Å². The quantitative estimate of drug-likeness (QED) is 0.673. The van der Waals surface area contributed by atoms with E-state index in [1.165, 1.54) is 31.5 Å². The van der Waals surface area contributed by atoms with Crippen molar-refractivity contribution in [2.24, 2.45) is 0 Å². The fraction of sp³-hybridized carbons (Fsp3) is 0.105. The lowest BCUT2D eigenvalue weighted by Crippen LogP contribution is -2.15. The summed E-state index contributed by atoms with van der Waals surface area (Å²) in [6.07, 6.45) is -3.04. The van der Waals surface area contributed by atoms with Gasteiger partial charge in [0.2, 0.25) is 5.95 Å². The van der Waals surface area contributed by atoms with E-state index in [0.717, 1.165) is 12.1 Å². The number of halogens is 3. The van der Waals surface area contributed by atoms with Gasteiger partial charge in [-0.1, -0.05) is 12.1 Å². The summed E-state index contributed by atoms with van der Waals surface area (Å²) in [5, 5.41) is 5.46. The Bertz CT molecular complexity index is 975. The average molecular weight is 388 g/mol. The van der Waals surface area contributed by atoms with Crippen LogP contribution in [0.4, 0.5) is 30.5 Å². The Morgan fingerprint density at radius 3 is 2.43 bits per heavy atom. The molecule has 1 heterocycles. The van der Waals surface area contributed by atoms with Crippen LogP contribution < -0.4 is 15.4 Å². The van der Waals surface area contributed by atoms with Gasteiger partial charge < -0.3 is 15.4 Å². The lowest BCUT2D eigenvalue weighted by atomic mass is 10.2. The van der Waals surface area contributed by atoms with Crippen molar-refractivity contribution in [2.75, 3.05) is 17.7 Å². The number of hydrogen-bond donors (Lipinski definition) is 2. The minimum atomic E-state index is -4.41. The minimum Gasteiger partial charge on any atom is -0.495 e. The van der Waals surface area contributed by atoms with Crippen LogP contribution in [0.5, 0.6) is 5.75 Å². The summed E-state index contributed by atoms with van der Waals surface area (Å²) in [6, 6.07) is 12.7. The molecule has 3 aromatic rings. The van der Waals surface area contributed by atoms with Gasteiger partial charge in [0.25, 0.3) is 5.91 Å². The molecule has 1 aromatic heterocycles. The van der Waals surface area contributed by atoms with Crippen LogP contribution in [0, 0.1) is 0 Å². The van der Waals surface area contributed by atoms with Gasteiger partial charge in [-0.05, 0) is 42.5 Å². The Balaban J connectivity index is 1.74. The lowest BCUT2D eigenvalue weighted by molar-refractivity contribution is -0.137. The third-order valence-electron chi connectivity index (χ3n) is 3.71. The number of nitrogens with zero attached hydrogens (tertiary/aromatic N) is 2. The van der Waals surface area contributed by atoms with Gasteiger partial charge in [0.15, 0.2) is 0 Å². The van der Waals surface area contributed by atoms with Crippen LogP contribution >= 0.6 is 0 Å². The minimum absolute atomic E-state index is 0.0763. The zero-order chi connectivity index (χ0) is 20.1. The fourth-order valence-electron chi connectivity index (χ4n) is 2.35. The summed E-state index contributed by atoms with van der Waals surface area (Å²) >= 11 is 0. The van der Waals surface area contributed by atoms with Gasteiger partial charge in [0.05, 0.1) is 18.4 Å². The van der Waals surface area contributed by atoms with E-state index in [1.54, 1.807) is 24.3 Å². The molecule has 0 bridgehead atoms. The molecule has 0 saturated heterocycles. The van der Waals surface area contributed by atoms with E-state index in [1.807, 2.05) is 0 Å². The smallest absolute Gasteiger partial charge is 0.416 e. The number of amides is 1. The summed E-state index contributed by atoms with van der Waals surface area (Å²) in [5.41, 5.74) is 0.153. The van der Waals surface area contributed by atoms with Crippen LogP contribution in [-0.2, 0) is 6.18 Å². The Kier molecular flexibility index (Phi) is 5.44. The van der Waals surface area contributed by atoms with Gasteiger partial charge in [-0.2, -0.15) is 13.2 Å². The molecule has 2 aromatic carbocycles. The van der Waals surface area contributed by atoms with E-state index in [0.29, 0.717) is 17.1 Å². The topological polar surface area (TPSA) is 76.1 Å². The van der Waals surface area contributed by atoms with Gasteiger partial charge in [0, 0.05) is 11.9 Å². The Morgan fingerprint density at radius 2 is 1.75 bits per heavy atom. The van der Waals surface area contributed by atoms with Crippen molar-refractivity contribution in [1.29, 1.82) is 0 Å². The van der Waals surface area contributed by atoms with Crippen LogP contribution in [0.3, 0.4) is 0 Å². The molecule has 144 valence electrons. The number of alkyl halides is 3. The summed E-state index contributed by atoms with van der Waals surface area (Å²) in [6.45, 7) is 0. The van der Waals surface area contributed by atoms with Crippen molar-refractivity contribution in [1.82, 2.24) is 9.97 Å². The fourth-order valence-corrected chi connectivity index (χ4v) is 2.35. The monoisotopic (exact) mass is 388 g/mol. The number of ether oxygens (including phenoxy) is 1. The number of rotatable bonds is 5. The highest BCUT2D eigenvalue weighted by Crippen LogP contribution is 2.30. The van der Waals surface area contributed by atoms with Crippen LogP contribution in [0.25, 0.3) is 0 Å². The third kappa shape index (κ3) is 4.56. The number of para-hydroxylation sites is 2. The maximum absolute atomic E-state index is 12.6. The number of methoxy groups -OCH3 is 1. The number of benzene rings is 2. The second kappa shape index (κ2) is 7.95. The molecule has 0 radical (unpaired) electrons. The molecule has 0 aliphatic rings. The molecule has 1 amide bonds. The molecule has 0 unspecified atom stereocenters. The maximum atomic E-state index is 12.6. The summed E-state index contributed by atoms with van der Waals surface area (Å²) in [4.78, 5) is 20.5. The maximum Gasteiger partial charge on any atom is 0.416 e. The van der Waals surface area contributed by atoms with E-state index >= 15 is 0 Å². The number of aromatic nitrogens is 2. The molecular formula is C19H15F3N4O2. The van der Waals surface area contributed by atoms with Crippen LogP contribution in [0.2, 0.25) is 0 Å².